The van der Waals surface area contributed by atoms with Gasteiger partial charge in [-0.05, 0) is 48.4 Å². The van der Waals surface area contributed by atoms with Crippen molar-refractivity contribution in [2.75, 3.05) is 10.6 Å². The predicted molar refractivity (Wildman–Crippen MR) is 105 cm³/mol. The fourth-order valence-corrected chi connectivity index (χ4v) is 2.86. The molecule has 0 aliphatic carbocycles. The molecule has 2 N–H and O–H groups in total. The van der Waals surface area contributed by atoms with Gasteiger partial charge in [0.15, 0.2) is 0 Å². The van der Waals surface area contributed by atoms with Crippen LogP contribution in [0, 0.1) is 6.92 Å². The van der Waals surface area contributed by atoms with Crippen LogP contribution >= 0.6 is 15.9 Å². The van der Waals surface area contributed by atoms with Crippen LogP contribution in [0.1, 0.15) is 21.6 Å². The van der Waals surface area contributed by atoms with E-state index in [0.717, 1.165) is 21.4 Å². The highest BCUT2D eigenvalue weighted by Crippen LogP contribution is 2.20. The minimum Gasteiger partial charge on any atom is -0.380 e. The normalized spacial score (nSPS) is 10.3. The van der Waals surface area contributed by atoms with Gasteiger partial charge in [0.25, 0.3) is 5.91 Å². The number of aromatic nitrogens is 1. The van der Waals surface area contributed by atoms with Crippen molar-refractivity contribution < 1.29 is 4.79 Å². The predicted octanol–water partition coefficient (Wildman–Crippen LogP) is 5.02. The van der Waals surface area contributed by atoms with E-state index < -0.39 is 0 Å². The molecule has 0 saturated heterocycles. The molecule has 1 heterocycles. The lowest BCUT2D eigenvalue weighted by molar-refractivity contribution is 0.102. The molecule has 0 saturated carbocycles. The number of hydrogen-bond acceptors (Lipinski definition) is 3. The van der Waals surface area contributed by atoms with Gasteiger partial charge in [0.2, 0.25) is 0 Å². The Morgan fingerprint density at radius 1 is 1.08 bits per heavy atom. The van der Waals surface area contributed by atoms with Gasteiger partial charge in [0, 0.05) is 16.7 Å². The number of nitrogens with one attached hydrogen (secondary N) is 2. The molecule has 5 heteroatoms. The maximum absolute atomic E-state index is 12.3. The second-order valence-corrected chi connectivity index (χ2v) is 6.60. The number of aryl methyl sites for hydroxylation is 1. The third-order valence-electron chi connectivity index (χ3n) is 3.77. The van der Waals surface area contributed by atoms with Crippen molar-refractivity contribution in [3.05, 3.63) is 88.2 Å². The van der Waals surface area contributed by atoms with E-state index in [1.165, 1.54) is 5.56 Å². The maximum Gasteiger partial charge on any atom is 0.274 e. The summed E-state index contributed by atoms with van der Waals surface area (Å²) in [4.78, 5) is 16.6. The van der Waals surface area contributed by atoms with Crippen LogP contribution in [0.2, 0.25) is 0 Å². The molecule has 1 aromatic heterocycles. The van der Waals surface area contributed by atoms with Crippen molar-refractivity contribution >= 4 is 33.2 Å². The Bertz CT molecular complexity index is 864. The smallest absolute Gasteiger partial charge is 0.274 e. The number of halogens is 1. The van der Waals surface area contributed by atoms with Crippen LogP contribution in [0.4, 0.5) is 11.4 Å². The number of anilines is 2. The van der Waals surface area contributed by atoms with Crippen molar-refractivity contribution in [1.82, 2.24) is 4.98 Å². The third-order valence-corrected chi connectivity index (χ3v) is 4.27. The number of amides is 1. The minimum absolute atomic E-state index is 0.222. The molecule has 0 unspecified atom stereocenters. The molecule has 3 aromatic rings. The Morgan fingerprint density at radius 2 is 1.88 bits per heavy atom. The zero-order valence-corrected chi connectivity index (χ0v) is 15.4. The van der Waals surface area contributed by atoms with Crippen LogP contribution in [0.3, 0.4) is 0 Å². The zero-order chi connectivity index (χ0) is 17.6. The number of pyridine rings is 1. The lowest BCUT2D eigenvalue weighted by atomic mass is 10.2. The van der Waals surface area contributed by atoms with E-state index in [9.17, 15) is 4.79 Å². The highest BCUT2D eigenvalue weighted by atomic mass is 79.9. The van der Waals surface area contributed by atoms with Gasteiger partial charge in [-0.15, -0.1) is 0 Å². The van der Waals surface area contributed by atoms with Gasteiger partial charge in [-0.2, -0.15) is 0 Å². The molecule has 0 aliphatic rings. The van der Waals surface area contributed by atoms with Crippen LogP contribution in [0.15, 0.2) is 71.3 Å². The third kappa shape index (κ3) is 4.67. The molecule has 0 aliphatic heterocycles. The molecule has 0 bridgehead atoms. The Morgan fingerprint density at radius 3 is 2.56 bits per heavy atom. The highest BCUT2D eigenvalue weighted by Gasteiger charge is 2.09. The van der Waals surface area contributed by atoms with Gasteiger partial charge < -0.3 is 10.6 Å². The number of rotatable bonds is 5. The average molecular weight is 396 g/mol. The van der Waals surface area contributed by atoms with Crippen molar-refractivity contribution in [2.24, 2.45) is 0 Å². The minimum atomic E-state index is -0.222. The summed E-state index contributed by atoms with van der Waals surface area (Å²) in [5, 5.41) is 6.18. The molecule has 0 fully saturated rings. The number of nitrogens with zero attached hydrogens (tertiary/aromatic N) is 1. The highest BCUT2D eigenvalue weighted by molar-refractivity contribution is 9.10. The van der Waals surface area contributed by atoms with Gasteiger partial charge in [0.05, 0.1) is 11.9 Å². The fraction of sp³-hybridized carbons (Fsp3) is 0.100. The Balaban J connectivity index is 1.62. The average Bonchev–Trinajstić information content (AvgIpc) is 2.63. The van der Waals surface area contributed by atoms with Crippen LogP contribution in [-0.2, 0) is 6.54 Å². The van der Waals surface area contributed by atoms with Crippen LogP contribution < -0.4 is 10.6 Å². The molecule has 0 radical (unpaired) electrons. The van der Waals surface area contributed by atoms with Gasteiger partial charge in [-0.1, -0.05) is 46.3 Å². The van der Waals surface area contributed by atoms with Crippen LogP contribution in [-0.4, -0.2) is 10.9 Å². The van der Waals surface area contributed by atoms with Crippen molar-refractivity contribution in [3.63, 3.8) is 0 Å². The van der Waals surface area contributed by atoms with E-state index in [0.29, 0.717) is 12.2 Å². The molecule has 2 aromatic carbocycles. The largest absolute Gasteiger partial charge is 0.380 e. The van der Waals surface area contributed by atoms with E-state index in [2.05, 4.69) is 43.7 Å². The van der Waals surface area contributed by atoms with E-state index in [4.69, 9.17) is 0 Å². The first kappa shape index (κ1) is 17.2. The SMILES string of the molecule is Cc1cc(Br)ccc1NC(=O)c1ccc(NCc2ccccc2)cn1. The lowest BCUT2D eigenvalue weighted by Gasteiger charge is -2.09. The quantitative estimate of drug-likeness (QED) is 0.637. The standard InChI is InChI=1S/C20H18BrN3O/c1-14-11-16(21)7-9-18(14)24-20(25)19-10-8-17(13-23-19)22-12-15-5-3-2-4-6-15/h2-11,13,22H,12H2,1H3,(H,24,25). The van der Waals surface area contributed by atoms with E-state index in [1.807, 2.05) is 49.4 Å². The summed E-state index contributed by atoms with van der Waals surface area (Å²) in [5.74, 6) is -0.222. The molecule has 0 atom stereocenters. The number of carbonyl (C=O) groups excluding carboxylic acids is 1. The first-order valence-electron chi connectivity index (χ1n) is 7.93. The van der Waals surface area contributed by atoms with Gasteiger partial charge in [-0.25, -0.2) is 4.98 Å². The second-order valence-electron chi connectivity index (χ2n) is 5.68. The molecule has 1 amide bonds. The maximum atomic E-state index is 12.3. The second kappa shape index (κ2) is 7.94. The molecular weight excluding hydrogens is 378 g/mol. The van der Waals surface area contributed by atoms with Gasteiger partial charge in [0.1, 0.15) is 5.69 Å². The summed E-state index contributed by atoms with van der Waals surface area (Å²) in [5.41, 5.74) is 4.22. The van der Waals surface area contributed by atoms with Gasteiger partial charge >= 0.3 is 0 Å². The molecule has 126 valence electrons. The summed E-state index contributed by atoms with van der Waals surface area (Å²) in [7, 11) is 0. The molecule has 25 heavy (non-hydrogen) atoms. The lowest BCUT2D eigenvalue weighted by Crippen LogP contribution is -2.14. The summed E-state index contributed by atoms with van der Waals surface area (Å²) in [6.45, 7) is 2.66. The van der Waals surface area contributed by atoms with E-state index >= 15 is 0 Å². The van der Waals surface area contributed by atoms with Crippen LogP contribution in [0.25, 0.3) is 0 Å². The van der Waals surface area contributed by atoms with Crippen molar-refractivity contribution in [2.45, 2.75) is 13.5 Å². The summed E-state index contributed by atoms with van der Waals surface area (Å²) in [6.07, 6.45) is 1.67. The Labute approximate surface area is 155 Å². The van der Waals surface area contributed by atoms with Gasteiger partial charge in [-0.3, -0.25) is 4.79 Å². The number of carbonyl (C=O) groups is 1. The number of hydrogen-bond donors (Lipinski definition) is 2. The molecule has 0 spiro atoms. The zero-order valence-electron chi connectivity index (χ0n) is 13.8. The van der Waals surface area contributed by atoms with Crippen molar-refractivity contribution in [1.29, 1.82) is 0 Å². The summed E-state index contributed by atoms with van der Waals surface area (Å²) < 4.78 is 0.981. The molecular formula is C20H18BrN3O. The van der Waals surface area contributed by atoms with Crippen molar-refractivity contribution in [3.8, 4) is 0 Å². The van der Waals surface area contributed by atoms with E-state index in [1.54, 1.807) is 12.3 Å². The Kier molecular flexibility index (Phi) is 5.46. The first-order valence-corrected chi connectivity index (χ1v) is 8.72. The molecule has 4 nitrogen and oxygen atoms in total. The molecule has 3 rings (SSSR count). The Hall–Kier alpha value is -2.66. The summed E-state index contributed by atoms with van der Waals surface area (Å²) >= 11 is 3.41. The van der Waals surface area contributed by atoms with E-state index in [-0.39, 0.29) is 5.91 Å². The first-order chi connectivity index (χ1) is 12.1. The number of benzene rings is 2. The fourth-order valence-electron chi connectivity index (χ4n) is 2.39. The summed E-state index contributed by atoms with van der Waals surface area (Å²) in [6, 6.07) is 19.4. The monoisotopic (exact) mass is 395 g/mol. The topological polar surface area (TPSA) is 54.0 Å². The van der Waals surface area contributed by atoms with Crippen LogP contribution in [0.5, 0.6) is 0 Å².